The van der Waals surface area contributed by atoms with Crippen LogP contribution in [0.5, 0.6) is 0 Å². The van der Waals surface area contributed by atoms with Gasteiger partial charge in [-0.3, -0.25) is 4.79 Å². The van der Waals surface area contributed by atoms with Crippen molar-refractivity contribution in [3.8, 4) is 0 Å². The number of hydrogen-bond acceptors (Lipinski definition) is 3. The Hall–Kier alpha value is -0.570. The number of carbonyl (C=O) groups excluding carboxylic acids is 1. The van der Waals surface area contributed by atoms with Gasteiger partial charge >= 0.3 is 5.97 Å². The third kappa shape index (κ3) is 3.33. The van der Waals surface area contributed by atoms with Crippen molar-refractivity contribution in [1.82, 2.24) is 0 Å². The van der Waals surface area contributed by atoms with E-state index in [1.807, 2.05) is 0 Å². The Balaban J connectivity index is 1.49. The van der Waals surface area contributed by atoms with Gasteiger partial charge in [-0.25, -0.2) is 0 Å². The third-order valence-corrected chi connectivity index (χ3v) is 13.5. The fourth-order valence-corrected chi connectivity index (χ4v) is 11.6. The second-order valence-corrected chi connectivity index (χ2v) is 15.2. The number of aliphatic hydroxyl groups is 1. The van der Waals surface area contributed by atoms with Gasteiger partial charge in [-0.2, -0.15) is 0 Å². The molecule has 0 radical (unpaired) electrons. The average Bonchev–Trinajstić information content (AvgIpc) is 2.74. The van der Waals surface area contributed by atoms with Gasteiger partial charge < -0.3 is 9.84 Å². The van der Waals surface area contributed by atoms with Gasteiger partial charge in [0.15, 0.2) is 0 Å². The molecule has 12 unspecified atom stereocenters. The summed E-state index contributed by atoms with van der Waals surface area (Å²) in [5.74, 6) is 4.26. The molecule has 3 heteroatoms. The van der Waals surface area contributed by atoms with E-state index < -0.39 is 0 Å². The van der Waals surface area contributed by atoms with Crippen molar-refractivity contribution >= 4 is 5.97 Å². The monoisotopic (exact) mass is 472 g/mol. The van der Waals surface area contributed by atoms with Crippen LogP contribution in [0.1, 0.15) is 113 Å². The van der Waals surface area contributed by atoms with Crippen molar-refractivity contribution in [2.75, 3.05) is 0 Å². The van der Waals surface area contributed by atoms with Crippen molar-refractivity contribution in [3.63, 3.8) is 0 Å². The number of rotatable bonds is 1. The summed E-state index contributed by atoms with van der Waals surface area (Å²) in [6, 6.07) is 0. The largest absolute Gasteiger partial charge is 0.462 e. The summed E-state index contributed by atoms with van der Waals surface area (Å²) in [6.45, 7) is 19.0. The molecule has 0 spiro atoms. The topological polar surface area (TPSA) is 46.5 Å². The minimum absolute atomic E-state index is 0.0136. The number of hydrogen-bond donors (Lipinski definition) is 1. The predicted molar refractivity (Wildman–Crippen MR) is 137 cm³/mol. The third-order valence-electron chi connectivity index (χ3n) is 13.5. The van der Waals surface area contributed by atoms with Crippen LogP contribution in [0.4, 0.5) is 0 Å². The molecule has 5 aliphatic rings. The summed E-state index contributed by atoms with van der Waals surface area (Å²) < 4.78 is 5.87. The molecule has 0 heterocycles. The quantitative estimate of drug-likeness (QED) is 0.409. The van der Waals surface area contributed by atoms with Crippen molar-refractivity contribution < 1.29 is 14.6 Å². The smallest absolute Gasteiger partial charge is 0.302 e. The van der Waals surface area contributed by atoms with E-state index in [1.165, 1.54) is 38.5 Å². The van der Waals surface area contributed by atoms with E-state index in [1.54, 1.807) is 6.92 Å². The van der Waals surface area contributed by atoms with Crippen LogP contribution in [-0.4, -0.2) is 23.3 Å². The highest BCUT2D eigenvalue weighted by Gasteiger charge is 2.68. The molecule has 0 aliphatic heterocycles. The Morgan fingerprint density at radius 3 is 2.18 bits per heavy atom. The first kappa shape index (κ1) is 25.1. The summed E-state index contributed by atoms with van der Waals surface area (Å²) in [5, 5.41) is 12.0. The van der Waals surface area contributed by atoms with Crippen LogP contribution in [0.15, 0.2) is 0 Å². The van der Waals surface area contributed by atoms with Crippen molar-refractivity contribution in [2.24, 2.45) is 63.1 Å². The van der Waals surface area contributed by atoms with E-state index in [2.05, 4.69) is 48.5 Å². The molecule has 194 valence electrons. The van der Waals surface area contributed by atoms with Gasteiger partial charge in [0, 0.05) is 12.3 Å². The van der Waals surface area contributed by atoms with Crippen LogP contribution in [0, 0.1) is 63.1 Å². The molecule has 12 atom stereocenters. The summed E-state index contributed by atoms with van der Waals surface area (Å²) in [5.41, 5.74) is 0.940. The predicted octanol–water partition coefficient (Wildman–Crippen LogP) is 7.26. The van der Waals surface area contributed by atoms with Crippen LogP contribution in [0.3, 0.4) is 0 Å². The van der Waals surface area contributed by atoms with Gasteiger partial charge in [0.1, 0.15) is 6.10 Å². The van der Waals surface area contributed by atoms with E-state index in [0.29, 0.717) is 46.3 Å². The molecule has 5 fully saturated rings. The van der Waals surface area contributed by atoms with Crippen LogP contribution in [0.2, 0.25) is 0 Å². The van der Waals surface area contributed by atoms with Gasteiger partial charge in [0.2, 0.25) is 0 Å². The molecule has 3 nitrogen and oxygen atoms in total. The summed E-state index contributed by atoms with van der Waals surface area (Å²) >= 11 is 0. The fourth-order valence-electron chi connectivity index (χ4n) is 11.6. The van der Waals surface area contributed by atoms with E-state index in [4.69, 9.17) is 4.74 Å². The minimum atomic E-state index is -0.162. The standard InChI is InChI=1S/C31H52O3/c1-18-9-13-29(6)14-10-21-26(27(29)19(18)2)22(33)17-24-30(21,7)15-11-23-28(4,5)25(34-20(3)32)12-16-31(23,24)8/h18-19,21-27,33H,9-17H2,1-8H3. The number of ether oxygens (including phenoxy) is 1. The Morgan fingerprint density at radius 1 is 0.853 bits per heavy atom. The fraction of sp³-hybridized carbons (Fsp3) is 0.968. The zero-order valence-electron chi connectivity index (χ0n) is 23.3. The molecule has 0 amide bonds. The first-order chi connectivity index (χ1) is 15.8. The van der Waals surface area contributed by atoms with Gasteiger partial charge in [-0.1, -0.05) is 48.5 Å². The maximum Gasteiger partial charge on any atom is 0.302 e. The number of aliphatic hydroxyl groups excluding tert-OH is 1. The van der Waals surface area contributed by atoms with E-state index >= 15 is 0 Å². The van der Waals surface area contributed by atoms with Crippen LogP contribution in [-0.2, 0) is 9.53 Å². The molecule has 0 bridgehead atoms. The van der Waals surface area contributed by atoms with Crippen molar-refractivity contribution in [2.45, 2.75) is 125 Å². The van der Waals surface area contributed by atoms with Gasteiger partial charge in [0.25, 0.3) is 0 Å². The molecule has 5 aliphatic carbocycles. The second-order valence-electron chi connectivity index (χ2n) is 15.2. The highest BCUT2D eigenvalue weighted by molar-refractivity contribution is 5.66. The molecule has 34 heavy (non-hydrogen) atoms. The lowest BCUT2D eigenvalue weighted by molar-refractivity contribution is -0.249. The van der Waals surface area contributed by atoms with Crippen molar-refractivity contribution in [1.29, 1.82) is 0 Å². The molecule has 5 rings (SSSR count). The number of esters is 1. The Bertz CT molecular complexity index is 819. The highest BCUT2D eigenvalue weighted by atomic mass is 16.5. The lowest BCUT2D eigenvalue weighted by atomic mass is 9.34. The Morgan fingerprint density at radius 2 is 1.50 bits per heavy atom. The SMILES string of the molecule is CC(=O)OC1CCC2(C)C(CCC3(C)C4CCC5(C)CCC(C)C(C)C5C4C(O)CC32)C1(C)C. The van der Waals surface area contributed by atoms with Crippen LogP contribution in [0.25, 0.3) is 0 Å². The van der Waals surface area contributed by atoms with E-state index in [9.17, 15) is 9.90 Å². The average molecular weight is 473 g/mol. The summed E-state index contributed by atoms with van der Waals surface area (Å²) in [7, 11) is 0. The normalized spacial score (nSPS) is 56.3. The second kappa shape index (κ2) is 7.96. The van der Waals surface area contributed by atoms with E-state index in [0.717, 1.165) is 25.2 Å². The Kier molecular flexibility index (Phi) is 5.88. The minimum Gasteiger partial charge on any atom is -0.462 e. The lowest BCUT2D eigenvalue weighted by Crippen LogP contribution is -2.66. The first-order valence-electron chi connectivity index (χ1n) is 14.6. The lowest BCUT2D eigenvalue weighted by Gasteiger charge is -2.71. The summed E-state index contributed by atoms with van der Waals surface area (Å²) in [6.07, 6.45) is 10.8. The first-order valence-corrected chi connectivity index (χ1v) is 14.6. The molecule has 5 saturated carbocycles. The molecule has 0 aromatic carbocycles. The molecule has 1 N–H and O–H groups in total. The molecule has 0 aromatic rings. The van der Waals surface area contributed by atoms with Gasteiger partial charge in [0.05, 0.1) is 6.10 Å². The van der Waals surface area contributed by atoms with E-state index in [-0.39, 0.29) is 29.0 Å². The molecule has 0 saturated heterocycles. The van der Waals surface area contributed by atoms with Crippen LogP contribution < -0.4 is 0 Å². The maximum atomic E-state index is 12.0. The summed E-state index contributed by atoms with van der Waals surface area (Å²) in [4.78, 5) is 11.9. The molecular weight excluding hydrogens is 420 g/mol. The molecule has 0 aromatic heterocycles. The maximum absolute atomic E-state index is 12.0. The van der Waals surface area contributed by atoms with Crippen LogP contribution >= 0.6 is 0 Å². The van der Waals surface area contributed by atoms with Gasteiger partial charge in [-0.05, 0) is 115 Å². The molecular formula is C31H52O3. The van der Waals surface area contributed by atoms with Crippen molar-refractivity contribution in [3.05, 3.63) is 0 Å². The number of carbonyl (C=O) groups is 1. The van der Waals surface area contributed by atoms with Gasteiger partial charge in [-0.15, -0.1) is 0 Å². The Labute approximate surface area is 209 Å². The number of fused-ring (bicyclic) bond motifs is 7. The highest BCUT2D eigenvalue weighted by Crippen LogP contribution is 2.73. The zero-order chi connectivity index (χ0) is 24.8. The zero-order valence-corrected chi connectivity index (χ0v) is 23.3.